The second-order valence-corrected chi connectivity index (χ2v) is 7.65. The van der Waals surface area contributed by atoms with E-state index in [2.05, 4.69) is 22.1 Å². The highest BCUT2D eigenvalue weighted by atomic mass is 32.2. The topological polar surface area (TPSA) is 55.1 Å². The van der Waals surface area contributed by atoms with E-state index in [0.29, 0.717) is 37.1 Å². The maximum Gasteiger partial charge on any atom is 0.416 e. The number of pyridine rings is 1. The molecule has 1 fully saturated rings. The second kappa shape index (κ2) is 7.39. The van der Waals surface area contributed by atoms with Crippen molar-refractivity contribution in [2.45, 2.75) is 6.18 Å². The quantitative estimate of drug-likeness (QED) is 0.344. The number of benzene rings is 1. The number of hydrogen-bond donors (Lipinski definition) is 1. The van der Waals surface area contributed by atoms with E-state index in [-0.39, 0.29) is 5.91 Å². The molecule has 144 valence electrons. The predicted octanol–water partition coefficient (Wildman–Crippen LogP) is 4.74. The van der Waals surface area contributed by atoms with Gasteiger partial charge in [0.15, 0.2) is 5.58 Å². The third-order valence-electron chi connectivity index (χ3n) is 3.91. The number of nitrogens with one attached hydrogen (secondary N) is 1. The van der Waals surface area contributed by atoms with Crippen molar-refractivity contribution in [1.82, 2.24) is 10.3 Å². The number of hydrogen-bond acceptors (Lipinski definition) is 5. The molecule has 0 unspecified atom stereocenters. The molecule has 0 aliphatic carbocycles. The maximum absolute atomic E-state index is 12.6. The Hall–Kier alpha value is -3.09. The van der Waals surface area contributed by atoms with Gasteiger partial charge < -0.3 is 9.73 Å². The first-order valence-corrected chi connectivity index (χ1v) is 9.34. The molecule has 1 aliphatic rings. The highest BCUT2D eigenvalue weighted by Crippen LogP contribution is 2.30. The first-order valence-electron chi connectivity index (χ1n) is 8.11. The summed E-state index contributed by atoms with van der Waals surface area (Å²) < 4.78 is 44.1. The fourth-order valence-corrected chi connectivity index (χ4v) is 3.60. The molecule has 0 atom stereocenters. The van der Waals surface area contributed by atoms with Crippen LogP contribution in [0.1, 0.15) is 22.5 Å². The molecule has 3 heterocycles. The van der Waals surface area contributed by atoms with Gasteiger partial charge in [-0.25, -0.2) is 0 Å². The molecular formula is C20H9F3N2O2S2. The summed E-state index contributed by atoms with van der Waals surface area (Å²) in [7, 11) is 0. The van der Waals surface area contributed by atoms with Crippen LogP contribution in [0.5, 0.6) is 0 Å². The van der Waals surface area contributed by atoms with Crippen LogP contribution in [-0.4, -0.2) is 15.2 Å². The number of rotatable bonds is 1. The van der Waals surface area contributed by atoms with Gasteiger partial charge in [0, 0.05) is 29.4 Å². The molecule has 1 aliphatic heterocycles. The van der Waals surface area contributed by atoms with E-state index < -0.39 is 11.7 Å². The van der Waals surface area contributed by atoms with Crippen molar-refractivity contribution in [2.75, 3.05) is 0 Å². The van der Waals surface area contributed by atoms with Crippen LogP contribution in [0.25, 0.3) is 17.0 Å². The van der Waals surface area contributed by atoms with Crippen molar-refractivity contribution in [3.63, 3.8) is 0 Å². The lowest BCUT2D eigenvalue weighted by molar-refractivity contribution is -0.137. The number of thiocarbonyl (C=S) groups is 1. The number of thioether (sulfide) groups is 1. The number of fused-ring (bicyclic) bond motifs is 1. The summed E-state index contributed by atoms with van der Waals surface area (Å²) in [5.41, 5.74) is 0.642. The number of nitrogens with zero attached hydrogens (tertiary/aromatic N) is 1. The molecule has 29 heavy (non-hydrogen) atoms. The molecule has 0 spiro atoms. The first kappa shape index (κ1) is 19.2. The third-order valence-corrected chi connectivity index (χ3v) is 5.07. The zero-order valence-electron chi connectivity index (χ0n) is 14.3. The third kappa shape index (κ3) is 4.18. The minimum atomic E-state index is -4.39. The molecule has 3 aromatic rings. The molecular weight excluding hydrogens is 421 g/mol. The van der Waals surface area contributed by atoms with E-state index in [0.717, 1.165) is 23.9 Å². The average molecular weight is 430 g/mol. The number of amides is 1. The Balaban J connectivity index is 1.65. The Kier molecular flexibility index (Phi) is 4.90. The van der Waals surface area contributed by atoms with Gasteiger partial charge in [0.1, 0.15) is 10.1 Å². The first-order chi connectivity index (χ1) is 13.8. The Morgan fingerprint density at radius 3 is 2.59 bits per heavy atom. The van der Waals surface area contributed by atoms with E-state index in [1.807, 2.05) is 0 Å². The van der Waals surface area contributed by atoms with Crippen LogP contribution in [0.2, 0.25) is 0 Å². The number of carbonyl (C=O) groups is 1. The Labute approximate surface area is 172 Å². The van der Waals surface area contributed by atoms with Gasteiger partial charge in [0.05, 0.1) is 16.0 Å². The lowest BCUT2D eigenvalue weighted by atomic mass is 10.1. The largest absolute Gasteiger partial charge is 0.455 e. The van der Waals surface area contributed by atoms with E-state index in [9.17, 15) is 18.0 Å². The molecule has 0 bridgehead atoms. The van der Waals surface area contributed by atoms with Gasteiger partial charge in [-0.1, -0.05) is 35.8 Å². The summed E-state index contributed by atoms with van der Waals surface area (Å²) in [6.45, 7) is 0. The van der Waals surface area contributed by atoms with Crippen molar-refractivity contribution in [3.8, 4) is 11.8 Å². The smallest absolute Gasteiger partial charge is 0.416 e. The fourth-order valence-electron chi connectivity index (χ4n) is 2.57. The molecule has 1 N–H and O–H groups in total. The molecule has 4 nitrogen and oxygen atoms in total. The summed E-state index contributed by atoms with van der Waals surface area (Å²) in [4.78, 5) is 16.3. The second-order valence-electron chi connectivity index (χ2n) is 5.93. The molecule has 0 saturated carbocycles. The highest BCUT2D eigenvalue weighted by Gasteiger charge is 2.29. The molecule has 1 amide bonds. The molecule has 9 heteroatoms. The van der Waals surface area contributed by atoms with Crippen LogP contribution in [0.15, 0.2) is 52.0 Å². The standard InChI is InChI=1S/C20H9F3N2O2S2/c21-20(22,23)14-5-2-11(3-6-14)1-4-12-9-24-10-13-7-15(27-17(12)13)8-16-18(26)25-19(28)29-16/h2-3,5-10H,(H,25,26,28)/b16-8+. The summed E-state index contributed by atoms with van der Waals surface area (Å²) in [5.74, 6) is 5.83. The zero-order valence-corrected chi connectivity index (χ0v) is 16.0. The molecule has 4 rings (SSSR count). The number of alkyl halides is 3. The molecule has 2 aromatic heterocycles. The van der Waals surface area contributed by atoms with Crippen molar-refractivity contribution in [1.29, 1.82) is 0 Å². The Morgan fingerprint density at radius 1 is 1.17 bits per heavy atom. The van der Waals surface area contributed by atoms with Crippen LogP contribution in [0.3, 0.4) is 0 Å². The van der Waals surface area contributed by atoms with E-state index >= 15 is 0 Å². The van der Waals surface area contributed by atoms with Crippen LogP contribution in [-0.2, 0) is 11.0 Å². The number of halogens is 3. The summed E-state index contributed by atoms with van der Waals surface area (Å²) in [6.07, 6.45) is 0.286. The van der Waals surface area contributed by atoms with E-state index in [1.54, 1.807) is 18.3 Å². The number of carbonyl (C=O) groups excluding carboxylic acids is 1. The van der Waals surface area contributed by atoms with Gasteiger partial charge in [0.25, 0.3) is 5.91 Å². The van der Waals surface area contributed by atoms with Gasteiger partial charge in [-0.3, -0.25) is 9.78 Å². The normalized spacial score (nSPS) is 15.5. The molecule has 1 saturated heterocycles. The van der Waals surface area contributed by atoms with Gasteiger partial charge in [-0.15, -0.1) is 0 Å². The minimum Gasteiger partial charge on any atom is -0.455 e. The summed E-state index contributed by atoms with van der Waals surface area (Å²) >= 11 is 6.09. The van der Waals surface area contributed by atoms with Crippen molar-refractivity contribution in [3.05, 3.63) is 70.1 Å². The zero-order chi connectivity index (χ0) is 20.6. The van der Waals surface area contributed by atoms with Crippen LogP contribution in [0, 0.1) is 11.8 Å². The van der Waals surface area contributed by atoms with Gasteiger partial charge in [-0.2, -0.15) is 13.2 Å². The number of aromatic nitrogens is 1. The Bertz CT molecular complexity index is 1230. The Morgan fingerprint density at radius 2 is 1.93 bits per heavy atom. The van der Waals surface area contributed by atoms with Crippen molar-refractivity contribution >= 4 is 51.3 Å². The van der Waals surface area contributed by atoms with Crippen LogP contribution >= 0.6 is 24.0 Å². The van der Waals surface area contributed by atoms with Gasteiger partial charge >= 0.3 is 6.18 Å². The van der Waals surface area contributed by atoms with E-state index in [4.69, 9.17) is 16.6 Å². The van der Waals surface area contributed by atoms with E-state index in [1.165, 1.54) is 18.3 Å². The molecule has 1 aromatic carbocycles. The molecule has 0 radical (unpaired) electrons. The van der Waals surface area contributed by atoms with Gasteiger partial charge in [-0.05, 0) is 30.3 Å². The maximum atomic E-state index is 12.6. The monoisotopic (exact) mass is 430 g/mol. The summed E-state index contributed by atoms with van der Waals surface area (Å²) in [5, 5.41) is 3.21. The number of furan rings is 1. The van der Waals surface area contributed by atoms with Crippen LogP contribution in [0.4, 0.5) is 13.2 Å². The lowest BCUT2D eigenvalue weighted by Gasteiger charge is -2.05. The predicted molar refractivity (Wildman–Crippen MR) is 108 cm³/mol. The highest BCUT2D eigenvalue weighted by molar-refractivity contribution is 8.26. The SMILES string of the molecule is O=C1NC(=S)S/C1=C/c1cc2cncc(C#Cc3ccc(C(F)(F)F)cc3)c2o1. The lowest BCUT2D eigenvalue weighted by Crippen LogP contribution is -2.17. The fraction of sp³-hybridized carbons (Fsp3) is 0.0500. The summed E-state index contributed by atoms with van der Waals surface area (Å²) in [6, 6.07) is 6.29. The van der Waals surface area contributed by atoms with Gasteiger partial charge in [0.2, 0.25) is 0 Å². The minimum absolute atomic E-state index is 0.291. The van der Waals surface area contributed by atoms with Crippen LogP contribution < -0.4 is 5.32 Å². The van der Waals surface area contributed by atoms with Crippen molar-refractivity contribution in [2.24, 2.45) is 0 Å². The average Bonchev–Trinajstić information content (AvgIpc) is 3.22. The van der Waals surface area contributed by atoms with Crippen molar-refractivity contribution < 1.29 is 22.4 Å².